The molecule has 3 N–H and O–H groups in total. The fraction of sp³-hybridized carbons (Fsp3) is 0.150. The van der Waals surface area contributed by atoms with Gasteiger partial charge in [0.1, 0.15) is 24.7 Å². The van der Waals surface area contributed by atoms with Crippen LogP contribution >= 0.6 is 15.9 Å². The Bertz CT molecular complexity index is 1060. The molecule has 0 saturated carbocycles. The molecule has 1 aliphatic rings. The highest BCUT2D eigenvalue weighted by molar-refractivity contribution is 9.10. The summed E-state index contributed by atoms with van der Waals surface area (Å²) >= 11 is 3.51. The van der Waals surface area contributed by atoms with Gasteiger partial charge in [0.15, 0.2) is 0 Å². The summed E-state index contributed by atoms with van der Waals surface area (Å²) in [6.45, 7) is 2.20. The molecule has 1 aliphatic heterocycles. The van der Waals surface area contributed by atoms with E-state index in [1.165, 1.54) is 6.33 Å². The summed E-state index contributed by atoms with van der Waals surface area (Å²) in [6.07, 6.45) is 1.44. The molecule has 0 fully saturated rings. The molecule has 1 unspecified atom stereocenters. The predicted octanol–water partition coefficient (Wildman–Crippen LogP) is 3.39. The third-order valence-corrected chi connectivity index (χ3v) is 5.06. The lowest BCUT2D eigenvalue weighted by Crippen LogP contribution is -2.32. The van der Waals surface area contributed by atoms with Gasteiger partial charge in [-0.1, -0.05) is 46.3 Å². The Kier molecular flexibility index (Phi) is 4.87. The Morgan fingerprint density at radius 2 is 2.07 bits per heavy atom. The zero-order chi connectivity index (χ0) is 19.7. The maximum Gasteiger partial charge on any atom is 0.248 e. The number of nitrogens with two attached hydrogens (primary N) is 1. The van der Waals surface area contributed by atoms with Crippen molar-refractivity contribution in [2.75, 3.05) is 5.32 Å². The minimum Gasteiger partial charge on any atom is -0.489 e. The first kappa shape index (κ1) is 18.2. The number of anilines is 1. The van der Waals surface area contributed by atoms with Crippen LogP contribution in [0.25, 0.3) is 0 Å². The van der Waals surface area contributed by atoms with Gasteiger partial charge in [-0.2, -0.15) is 10.1 Å². The average molecular weight is 440 g/mol. The topological polar surface area (TPSA) is 95.1 Å². The Balaban J connectivity index is 1.79. The number of nitrogens with zero attached hydrogens (tertiary/aromatic N) is 3. The monoisotopic (exact) mass is 439 g/mol. The molecule has 7 nitrogen and oxygen atoms in total. The molecule has 1 amide bonds. The number of hydrogen-bond acceptors (Lipinski definition) is 5. The van der Waals surface area contributed by atoms with E-state index in [0.29, 0.717) is 29.6 Å². The number of allylic oxidation sites excluding steroid dienone is 1. The normalized spacial score (nSPS) is 15.7. The second-order valence-electron chi connectivity index (χ2n) is 6.42. The van der Waals surface area contributed by atoms with Crippen molar-refractivity contribution >= 4 is 27.8 Å². The summed E-state index contributed by atoms with van der Waals surface area (Å²) in [5.41, 5.74) is 8.59. The molecule has 0 aliphatic carbocycles. The van der Waals surface area contributed by atoms with E-state index in [4.69, 9.17) is 10.5 Å². The number of carbonyl (C=O) groups excluding carboxylic acids is 1. The van der Waals surface area contributed by atoms with Crippen molar-refractivity contribution in [1.82, 2.24) is 14.8 Å². The summed E-state index contributed by atoms with van der Waals surface area (Å²) in [5.74, 6) is 0.665. The molecule has 1 atom stereocenters. The second kappa shape index (κ2) is 7.47. The third-order valence-electron chi connectivity index (χ3n) is 4.56. The number of ether oxygens (including phenoxy) is 1. The van der Waals surface area contributed by atoms with Crippen molar-refractivity contribution in [1.29, 1.82) is 0 Å². The lowest BCUT2D eigenvalue weighted by molar-refractivity contribution is -0.115. The van der Waals surface area contributed by atoms with Crippen molar-refractivity contribution < 1.29 is 9.53 Å². The molecule has 1 aromatic heterocycles. The summed E-state index contributed by atoms with van der Waals surface area (Å²) in [5, 5.41) is 7.38. The molecule has 0 bridgehead atoms. The summed E-state index contributed by atoms with van der Waals surface area (Å²) in [6, 6.07) is 15.0. The molecule has 28 heavy (non-hydrogen) atoms. The standard InChI is InChI=1S/C20H18BrN5O2/c1-12-17(19(22)27)18(26-20(25-12)23-11-24-26)15-9-14(21)7-8-16(15)28-10-13-5-3-2-4-6-13/h2-9,11,18H,10H2,1H3,(H2,22,27)(H,23,24,25). The van der Waals surface area contributed by atoms with E-state index in [0.717, 1.165) is 15.6 Å². The van der Waals surface area contributed by atoms with Crippen molar-refractivity contribution in [2.45, 2.75) is 19.6 Å². The van der Waals surface area contributed by atoms with Gasteiger partial charge in [0.05, 0.1) is 5.57 Å². The van der Waals surface area contributed by atoms with E-state index in [9.17, 15) is 4.79 Å². The van der Waals surface area contributed by atoms with E-state index < -0.39 is 11.9 Å². The first-order chi connectivity index (χ1) is 13.5. The number of aromatic nitrogens is 3. The summed E-state index contributed by atoms with van der Waals surface area (Å²) in [4.78, 5) is 16.5. The Morgan fingerprint density at radius 1 is 1.29 bits per heavy atom. The molecular formula is C20H18BrN5O2. The highest BCUT2D eigenvalue weighted by Crippen LogP contribution is 2.39. The van der Waals surface area contributed by atoms with Crippen LogP contribution in [-0.2, 0) is 11.4 Å². The zero-order valence-electron chi connectivity index (χ0n) is 15.1. The highest BCUT2D eigenvalue weighted by atomic mass is 79.9. The number of benzene rings is 2. The fourth-order valence-electron chi connectivity index (χ4n) is 3.30. The van der Waals surface area contributed by atoms with Gasteiger partial charge in [-0.3, -0.25) is 4.79 Å². The molecule has 0 radical (unpaired) electrons. The first-order valence-electron chi connectivity index (χ1n) is 8.68. The van der Waals surface area contributed by atoms with Gasteiger partial charge >= 0.3 is 0 Å². The quantitative estimate of drug-likeness (QED) is 0.634. The molecule has 3 aromatic rings. The number of rotatable bonds is 5. The number of halogens is 1. The molecule has 2 heterocycles. The van der Waals surface area contributed by atoms with Crippen LogP contribution in [0.3, 0.4) is 0 Å². The number of amides is 1. The summed E-state index contributed by atoms with van der Waals surface area (Å²) in [7, 11) is 0. The maximum absolute atomic E-state index is 12.3. The average Bonchev–Trinajstić information content (AvgIpc) is 3.14. The molecule has 4 rings (SSSR count). The van der Waals surface area contributed by atoms with Crippen LogP contribution in [0.1, 0.15) is 24.1 Å². The maximum atomic E-state index is 12.3. The first-order valence-corrected chi connectivity index (χ1v) is 9.47. The van der Waals surface area contributed by atoms with Crippen molar-refractivity contribution in [3.8, 4) is 5.75 Å². The van der Waals surface area contributed by atoms with Crippen LogP contribution < -0.4 is 15.8 Å². The minimum atomic E-state index is -0.542. The summed E-state index contributed by atoms with van der Waals surface area (Å²) < 4.78 is 8.61. The molecule has 8 heteroatoms. The number of nitrogens with one attached hydrogen (secondary N) is 1. The molecule has 2 aromatic carbocycles. The van der Waals surface area contributed by atoms with Gasteiger partial charge < -0.3 is 15.8 Å². The largest absolute Gasteiger partial charge is 0.489 e. The minimum absolute atomic E-state index is 0.402. The molecule has 0 spiro atoms. The van der Waals surface area contributed by atoms with Crippen molar-refractivity contribution in [3.05, 3.63) is 81.7 Å². The van der Waals surface area contributed by atoms with E-state index in [-0.39, 0.29) is 0 Å². The lowest BCUT2D eigenvalue weighted by atomic mass is 9.94. The van der Waals surface area contributed by atoms with Gasteiger partial charge in [-0.15, -0.1) is 0 Å². The van der Waals surface area contributed by atoms with Crippen molar-refractivity contribution in [2.24, 2.45) is 5.73 Å². The van der Waals surface area contributed by atoms with Crippen LogP contribution in [0.15, 0.2) is 70.6 Å². The van der Waals surface area contributed by atoms with Crippen molar-refractivity contribution in [3.63, 3.8) is 0 Å². The van der Waals surface area contributed by atoms with Crippen LogP contribution in [0, 0.1) is 0 Å². The van der Waals surface area contributed by atoms with Gasteiger partial charge in [-0.25, -0.2) is 4.68 Å². The van der Waals surface area contributed by atoms with E-state index in [2.05, 4.69) is 31.3 Å². The van der Waals surface area contributed by atoms with Gasteiger partial charge in [0.25, 0.3) is 0 Å². The van der Waals surface area contributed by atoms with E-state index >= 15 is 0 Å². The lowest BCUT2D eigenvalue weighted by Gasteiger charge is -2.29. The predicted molar refractivity (Wildman–Crippen MR) is 109 cm³/mol. The fourth-order valence-corrected chi connectivity index (χ4v) is 3.68. The number of fused-ring (bicyclic) bond motifs is 1. The second-order valence-corrected chi connectivity index (χ2v) is 7.33. The number of primary amides is 1. The van der Waals surface area contributed by atoms with Crippen LogP contribution in [0.5, 0.6) is 5.75 Å². The smallest absolute Gasteiger partial charge is 0.248 e. The molecule has 142 valence electrons. The zero-order valence-corrected chi connectivity index (χ0v) is 16.7. The Labute approximate surface area is 170 Å². The van der Waals surface area contributed by atoms with E-state index in [1.54, 1.807) is 11.6 Å². The SMILES string of the molecule is CC1=C(C(N)=O)C(c2cc(Br)ccc2OCc2ccccc2)n2ncnc2N1. The van der Waals surface area contributed by atoms with Crippen LogP contribution in [0.4, 0.5) is 5.95 Å². The highest BCUT2D eigenvalue weighted by Gasteiger charge is 2.34. The van der Waals surface area contributed by atoms with Gasteiger partial charge in [0.2, 0.25) is 11.9 Å². The number of carbonyl (C=O) groups is 1. The Morgan fingerprint density at radius 3 is 2.82 bits per heavy atom. The van der Waals surface area contributed by atoms with Gasteiger partial charge in [0, 0.05) is 15.7 Å². The third kappa shape index (κ3) is 3.38. The number of hydrogen-bond donors (Lipinski definition) is 2. The Hall–Kier alpha value is -3.13. The van der Waals surface area contributed by atoms with Crippen LogP contribution in [-0.4, -0.2) is 20.7 Å². The molecular weight excluding hydrogens is 422 g/mol. The van der Waals surface area contributed by atoms with E-state index in [1.807, 2.05) is 48.5 Å². The molecule has 0 saturated heterocycles. The van der Waals surface area contributed by atoms with Crippen LogP contribution in [0.2, 0.25) is 0 Å². The van der Waals surface area contributed by atoms with Gasteiger partial charge in [-0.05, 0) is 30.7 Å².